The zero-order valence-corrected chi connectivity index (χ0v) is 13.9. The maximum absolute atomic E-state index is 12.7. The van der Waals surface area contributed by atoms with Crippen molar-refractivity contribution in [2.45, 2.75) is 46.1 Å². The van der Waals surface area contributed by atoms with Gasteiger partial charge in [0.1, 0.15) is 11.3 Å². The number of aromatic nitrogens is 4. The summed E-state index contributed by atoms with van der Waals surface area (Å²) in [6.07, 6.45) is 3.54. The summed E-state index contributed by atoms with van der Waals surface area (Å²) in [6.45, 7) is 4.84. The molecule has 0 saturated heterocycles. The number of nitrogens with zero attached hydrogens (tertiary/aromatic N) is 4. The van der Waals surface area contributed by atoms with Crippen LogP contribution in [0.15, 0.2) is 4.79 Å². The van der Waals surface area contributed by atoms with Gasteiger partial charge in [0.15, 0.2) is 5.52 Å². The van der Waals surface area contributed by atoms with Crippen LogP contribution in [0.2, 0.25) is 0 Å². The average Bonchev–Trinajstić information content (AvgIpc) is 2.74. The molecule has 0 radical (unpaired) electrons. The van der Waals surface area contributed by atoms with Crippen molar-refractivity contribution in [1.29, 1.82) is 0 Å². The van der Waals surface area contributed by atoms with Crippen LogP contribution in [0.3, 0.4) is 0 Å². The molecule has 5 nitrogen and oxygen atoms in total. The Morgan fingerprint density at radius 1 is 1.30 bits per heavy atom. The Bertz CT molecular complexity index is 659. The number of hydrogen-bond acceptors (Lipinski definition) is 3. The van der Waals surface area contributed by atoms with Gasteiger partial charge in [0.25, 0.3) is 5.56 Å². The second-order valence-corrected chi connectivity index (χ2v) is 5.69. The van der Waals surface area contributed by atoms with Gasteiger partial charge in [-0.05, 0) is 12.8 Å². The largest absolute Gasteiger partial charge is 0.295 e. The highest BCUT2D eigenvalue weighted by molar-refractivity contribution is 9.09. The minimum Gasteiger partial charge on any atom is -0.295 e. The topological polar surface area (TPSA) is 52.7 Å². The van der Waals surface area contributed by atoms with E-state index in [2.05, 4.69) is 28.0 Å². The van der Waals surface area contributed by atoms with E-state index in [1.54, 1.807) is 9.25 Å². The molecule has 6 heteroatoms. The summed E-state index contributed by atoms with van der Waals surface area (Å²) in [5.74, 6) is 0.855. The van der Waals surface area contributed by atoms with Crippen molar-refractivity contribution in [2.24, 2.45) is 7.05 Å². The van der Waals surface area contributed by atoms with Crippen molar-refractivity contribution in [3.63, 3.8) is 0 Å². The van der Waals surface area contributed by atoms with Crippen LogP contribution in [0.4, 0.5) is 0 Å². The van der Waals surface area contributed by atoms with Crippen molar-refractivity contribution in [3.05, 3.63) is 21.9 Å². The van der Waals surface area contributed by atoms with Crippen molar-refractivity contribution in [1.82, 2.24) is 19.3 Å². The summed E-state index contributed by atoms with van der Waals surface area (Å²) in [7, 11) is 1.82. The first-order chi connectivity index (χ1) is 9.63. The molecule has 2 rings (SSSR count). The number of hydrogen-bond donors (Lipinski definition) is 0. The predicted molar refractivity (Wildman–Crippen MR) is 84.6 cm³/mol. The molecular weight excluding hydrogens is 320 g/mol. The normalized spacial score (nSPS) is 11.4. The van der Waals surface area contributed by atoms with E-state index in [9.17, 15) is 4.79 Å². The molecule has 0 aliphatic heterocycles. The predicted octanol–water partition coefficient (Wildman–Crippen LogP) is 2.43. The first kappa shape index (κ1) is 15.2. The second kappa shape index (κ2) is 6.52. The van der Waals surface area contributed by atoms with E-state index in [0.29, 0.717) is 12.1 Å². The maximum Gasteiger partial charge on any atom is 0.279 e. The number of fused-ring (bicyclic) bond motifs is 1. The molecule has 2 aromatic heterocycles. The van der Waals surface area contributed by atoms with Gasteiger partial charge in [-0.3, -0.25) is 14.0 Å². The lowest BCUT2D eigenvalue weighted by Crippen LogP contribution is -2.26. The number of aryl methyl sites for hydroxylation is 3. The molecule has 0 aromatic carbocycles. The molecule has 0 spiro atoms. The zero-order valence-electron chi connectivity index (χ0n) is 12.3. The van der Waals surface area contributed by atoms with Gasteiger partial charge in [0, 0.05) is 25.3 Å². The van der Waals surface area contributed by atoms with E-state index in [1.807, 2.05) is 14.0 Å². The first-order valence-electron chi connectivity index (χ1n) is 7.15. The van der Waals surface area contributed by atoms with Gasteiger partial charge in [0.05, 0.1) is 5.69 Å². The lowest BCUT2D eigenvalue weighted by molar-refractivity contribution is 0.610. The number of halogens is 1. The van der Waals surface area contributed by atoms with Crippen molar-refractivity contribution < 1.29 is 0 Å². The Labute approximate surface area is 127 Å². The summed E-state index contributed by atoms with van der Waals surface area (Å²) >= 11 is 3.41. The maximum atomic E-state index is 12.7. The molecule has 0 aliphatic rings. The summed E-state index contributed by atoms with van der Waals surface area (Å²) in [4.78, 5) is 17.4. The molecule has 0 saturated carbocycles. The Balaban J connectivity index is 2.68. The highest BCUT2D eigenvalue weighted by Crippen LogP contribution is 2.15. The molecule has 0 aliphatic carbocycles. The van der Waals surface area contributed by atoms with Crippen LogP contribution in [-0.4, -0.2) is 24.7 Å². The van der Waals surface area contributed by atoms with Gasteiger partial charge < -0.3 is 0 Å². The Kier molecular flexibility index (Phi) is 4.96. The second-order valence-electron chi connectivity index (χ2n) is 4.90. The third kappa shape index (κ3) is 2.66. The third-order valence-electron chi connectivity index (χ3n) is 3.41. The molecule has 0 amide bonds. The van der Waals surface area contributed by atoms with Gasteiger partial charge in [-0.1, -0.05) is 36.2 Å². The fourth-order valence-corrected chi connectivity index (χ4v) is 2.73. The lowest BCUT2D eigenvalue weighted by Gasteiger charge is -2.10. The Hall–Kier alpha value is -1.17. The van der Waals surface area contributed by atoms with E-state index in [0.717, 1.165) is 48.0 Å². The van der Waals surface area contributed by atoms with Crippen LogP contribution >= 0.6 is 15.9 Å². The Morgan fingerprint density at radius 3 is 2.65 bits per heavy atom. The highest BCUT2D eigenvalue weighted by Gasteiger charge is 2.17. The summed E-state index contributed by atoms with van der Waals surface area (Å²) in [5, 5.41) is 5.35. The zero-order chi connectivity index (χ0) is 14.7. The molecule has 0 unspecified atom stereocenters. The Morgan fingerprint density at radius 2 is 2.05 bits per heavy atom. The smallest absolute Gasteiger partial charge is 0.279 e. The van der Waals surface area contributed by atoms with E-state index in [4.69, 9.17) is 4.98 Å². The molecule has 20 heavy (non-hydrogen) atoms. The molecule has 0 fully saturated rings. The molecule has 110 valence electrons. The number of rotatable bonds is 6. The summed E-state index contributed by atoms with van der Waals surface area (Å²) < 4.78 is 3.47. The molecular formula is C14H21BrN4O. The molecule has 0 bridgehead atoms. The first-order valence-corrected chi connectivity index (χ1v) is 8.27. The van der Waals surface area contributed by atoms with Crippen LogP contribution in [-0.2, 0) is 26.4 Å². The van der Waals surface area contributed by atoms with Crippen LogP contribution in [0.5, 0.6) is 0 Å². The van der Waals surface area contributed by atoms with Gasteiger partial charge in [-0.15, -0.1) is 0 Å². The fraction of sp³-hybridized carbons (Fsp3) is 0.643. The SMILES string of the molecule is CCCc1nn(C)c2c(=O)n(CCCBr)c(CC)nc12. The van der Waals surface area contributed by atoms with Crippen molar-refractivity contribution in [2.75, 3.05) is 5.33 Å². The van der Waals surface area contributed by atoms with Crippen LogP contribution < -0.4 is 5.56 Å². The lowest BCUT2D eigenvalue weighted by atomic mass is 10.2. The van der Waals surface area contributed by atoms with Crippen LogP contribution in [0, 0.1) is 0 Å². The van der Waals surface area contributed by atoms with E-state index in [-0.39, 0.29) is 5.56 Å². The monoisotopic (exact) mass is 340 g/mol. The van der Waals surface area contributed by atoms with Crippen LogP contribution in [0.1, 0.15) is 38.2 Å². The van der Waals surface area contributed by atoms with Gasteiger partial charge in [-0.25, -0.2) is 4.98 Å². The quantitative estimate of drug-likeness (QED) is 0.759. The van der Waals surface area contributed by atoms with Crippen molar-refractivity contribution >= 4 is 27.0 Å². The molecule has 2 heterocycles. The minimum atomic E-state index is 0.0325. The third-order valence-corrected chi connectivity index (χ3v) is 3.97. The molecule has 0 atom stereocenters. The summed E-state index contributed by atoms with van der Waals surface area (Å²) in [6, 6.07) is 0. The highest BCUT2D eigenvalue weighted by atomic mass is 79.9. The molecule has 0 N–H and O–H groups in total. The number of alkyl halides is 1. The standard InChI is InChI=1S/C14H21BrN4O/c1-4-7-10-12-13(18(3)17-10)14(20)19(9-6-8-15)11(5-2)16-12/h4-9H2,1-3H3. The van der Waals surface area contributed by atoms with Gasteiger partial charge >= 0.3 is 0 Å². The van der Waals surface area contributed by atoms with E-state index < -0.39 is 0 Å². The van der Waals surface area contributed by atoms with Crippen LogP contribution in [0.25, 0.3) is 11.0 Å². The fourth-order valence-electron chi connectivity index (χ4n) is 2.48. The van der Waals surface area contributed by atoms with Crippen molar-refractivity contribution in [3.8, 4) is 0 Å². The van der Waals surface area contributed by atoms with E-state index in [1.165, 1.54) is 0 Å². The minimum absolute atomic E-state index is 0.0325. The van der Waals surface area contributed by atoms with Gasteiger partial charge in [0.2, 0.25) is 0 Å². The molecule has 2 aromatic rings. The van der Waals surface area contributed by atoms with Gasteiger partial charge in [-0.2, -0.15) is 5.10 Å². The average molecular weight is 341 g/mol. The van der Waals surface area contributed by atoms with E-state index >= 15 is 0 Å². The summed E-state index contributed by atoms with van der Waals surface area (Å²) in [5.41, 5.74) is 2.38.